The van der Waals surface area contributed by atoms with E-state index in [0.717, 1.165) is 5.56 Å². The monoisotopic (exact) mass is 237 g/mol. The van der Waals surface area contributed by atoms with Gasteiger partial charge in [0.2, 0.25) is 0 Å². The van der Waals surface area contributed by atoms with E-state index >= 15 is 0 Å². The van der Waals surface area contributed by atoms with Crippen molar-refractivity contribution >= 4 is 11.9 Å². The number of ether oxygens (including phenoxy) is 1. The van der Waals surface area contributed by atoms with Crippen LogP contribution >= 0.6 is 0 Å². The number of oxime groups is 1. The molecule has 6 nitrogen and oxygen atoms in total. The zero-order valence-electron chi connectivity index (χ0n) is 9.46. The van der Waals surface area contributed by atoms with Crippen LogP contribution in [0.15, 0.2) is 35.5 Å². The number of nitrogens with two attached hydrogens (primary N) is 1. The highest BCUT2D eigenvalue weighted by molar-refractivity contribution is 5.87. The van der Waals surface area contributed by atoms with Crippen LogP contribution in [0.4, 0.5) is 4.79 Å². The van der Waals surface area contributed by atoms with Crippen LogP contribution in [0.2, 0.25) is 0 Å². The Morgan fingerprint density at radius 1 is 1.53 bits per heavy atom. The molecule has 1 amide bonds. The molecule has 92 valence electrons. The second-order valence-corrected chi connectivity index (χ2v) is 3.45. The van der Waals surface area contributed by atoms with Crippen LogP contribution in [0.3, 0.4) is 0 Å². The van der Waals surface area contributed by atoms with E-state index in [9.17, 15) is 4.79 Å². The number of rotatable bonds is 4. The molecule has 0 bridgehead atoms. The number of nitrogens with one attached hydrogen (secondary N) is 1. The lowest BCUT2D eigenvalue weighted by atomic mass is 10.2. The second kappa shape index (κ2) is 6.37. The first-order chi connectivity index (χ1) is 8.13. The Labute approximate surface area is 99.1 Å². The van der Waals surface area contributed by atoms with Gasteiger partial charge in [-0.05, 0) is 12.5 Å². The van der Waals surface area contributed by atoms with Gasteiger partial charge in [0, 0.05) is 0 Å². The van der Waals surface area contributed by atoms with Gasteiger partial charge in [-0.2, -0.15) is 0 Å². The van der Waals surface area contributed by atoms with Crippen molar-refractivity contribution in [3.63, 3.8) is 0 Å². The SMILES string of the molecule is CC(NC(=O)OCc1ccccc1)/C(N)=N/O. The molecule has 0 saturated carbocycles. The number of amides is 1. The number of nitrogens with zero attached hydrogens (tertiary/aromatic N) is 1. The summed E-state index contributed by atoms with van der Waals surface area (Å²) in [7, 11) is 0. The molecule has 0 aliphatic carbocycles. The summed E-state index contributed by atoms with van der Waals surface area (Å²) in [5.74, 6) is -0.0818. The van der Waals surface area contributed by atoms with E-state index in [1.54, 1.807) is 6.92 Å². The van der Waals surface area contributed by atoms with E-state index in [-0.39, 0.29) is 12.4 Å². The summed E-state index contributed by atoms with van der Waals surface area (Å²) in [6.07, 6.45) is -0.618. The van der Waals surface area contributed by atoms with Crippen molar-refractivity contribution < 1.29 is 14.7 Å². The van der Waals surface area contributed by atoms with Gasteiger partial charge in [-0.15, -0.1) is 0 Å². The smallest absolute Gasteiger partial charge is 0.408 e. The molecule has 0 radical (unpaired) electrons. The molecule has 0 fully saturated rings. The molecule has 1 atom stereocenters. The Kier molecular flexibility index (Phi) is 4.80. The van der Waals surface area contributed by atoms with Crippen LogP contribution in [-0.2, 0) is 11.3 Å². The van der Waals surface area contributed by atoms with E-state index in [0.29, 0.717) is 0 Å². The molecule has 0 saturated heterocycles. The molecule has 1 aromatic carbocycles. The molecule has 0 aliphatic heterocycles. The first kappa shape index (κ1) is 12.8. The maximum Gasteiger partial charge on any atom is 0.408 e. The fourth-order valence-corrected chi connectivity index (χ4v) is 1.10. The Bertz CT molecular complexity index is 392. The minimum absolute atomic E-state index is 0.0818. The first-order valence-corrected chi connectivity index (χ1v) is 5.08. The number of alkyl carbamates (subject to hydrolysis) is 1. The summed E-state index contributed by atoms with van der Waals surface area (Å²) >= 11 is 0. The highest BCUT2D eigenvalue weighted by Crippen LogP contribution is 2.00. The van der Waals surface area contributed by atoms with Crippen LogP contribution < -0.4 is 11.1 Å². The van der Waals surface area contributed by atoms with Crippen molar-refractivity contribution in [3.8, 4) is 0 Å². The summed E-state index contributed by atoms with van der Waals surface area (Å²) in [6, 6.07) is 8.71. The lowest BCUT2D eigenvalue weighted by molar-refractivity contribution is 0.138. The minimum Gasteiger partial charge on any atom is -0.445 e. The number of hydrogen-bond donors (Lipinski definition) is 3. The number of benzene rings is 1. The van der Waals surface area contributed by atoms with Crippen LogP contribution in [0.25, 0.3) is 0 Å². The molecule has 1 unspecified atom stereocenters. The third-order valence-electron chi connectivity index (χ3n) is 2.11. The Morgan fingerprint density at radius 2 is 2.18 bits per heavy atom. The van der Waals surface area contributed by atoms with Crippen LogP contribution in [-0.4, -0.2) is 23.2 Å². The molecular weight excluding hydrogens is 222 g/mol. The van der Waals surface area contributed by atoms with Crippen LogP contribution in [0.5, 0.6) is 0 Å². The van der Waals surface area contributed by atoms with E-state index in [4.69, 9.17) is 15.7 Å². The molecule has 17 heavy (non-hydrogen) atoms. The molecule has 0 aromatic heterocycles. The van der Waals surface area contributed by atoms with Gasteiger partial charge in [0.05, 0.1) is 6.04 Å². The van der Waals surface area contributed by atoms with Crippen molar-refractivity contribution in [2.75, 3.05) is 0 Å². The van der Waals surface area contributed by atoms with Gasteiger partial charge in [0.15, 0.2) is 5.84 Å². The predicted octanol–water partition coefficient (Wildman–Crippen LogP) is 1.05. The van der Waals surface area contributed by atoms with E-state index < -0.39 is 12.1 Å². The van der Waals surface area contributed by atoms with E-state index in [1.807, 2.05) is 30.3 Å². The lowest BCUT2D eigenvalue weighted by Crippen LogP contribution is -2.42. The maximum absolute atomic E-state index is 11.3. The Balaban J connectivity index is 2.36. The highest BCUT2D eigenvalue weighted by atomic mass is 16.5. The molecule has 0 heterocycles. The average molecular weight is 237 g/mol. The van der Waals surface area contributed by atoms with Crippen molar-refractivity contribution in [3.05, 3.63) is 35.9 Å². The van der Waals surface area contributed by atoms with Crippen molar-refractivity contribution in [1.82, 2.24) is 5.32 Å². The zero-order chi connectivity index (χ0) is 12.7. The lowest BCUT2D eigenvalue weighted by Gasteiger charge is -2.12. The van der Waals surface area contributed by atoms with Crippen LogP contribution in [0.1, 0.15) is 12.5 Å². The summed E-state index contributed by atoms with van der Waals surface area (Å²) in [4.78, 5) is 11.3. The normalized spacial score (nSPS) is 12.9. The quantitative estimate of drug-likeness (QED) is 0.315. The van der Waals surface area contributed by atoms with Gasteiger partial charge in [-0.25, -0.2) is 4.79 Å². The van der Waals surface area contributed by atoms with Crippen LogP contribution in [0, 0.1) is 0 Å². The molecule has 0 aliphatic rings. The fourth-order valence-electron chi connectivity index (χ4n) is 1.10. The summed E-state index contributed by atoms with van der Waals surface area (Å²) < 4.78 is 4.95. The molecular formula is C11H15N3O3. The third-order valence-corrected chi connectivity index (χ3v) is 2.11. The van der Waals surface area contributed by atoms with Crippen molar-refractivity contribution in [2.45, 2.75) is 19.6 Å². The standard InChI is InChI=1S/C11H15N3O3/c1-8(10(12)14-16)13-11(15)17-7-9-5-3-2-4-6-9/h2-6,8,16H,7H2,1H3,(H2,12,14)(H,13,15). The highest BCUT2D eigenvalue weighted by Gasteiger charge is 2.11. The molecule has 4 N–H and O–H groups in total. The second-order valence-electron chi connectivity index (χ2n) is 3.45. The molecule has 1 aromatic rings. The maximum atomic E-state index is 11.3. The van der Waals surface area contributed by atoms with Gasteiger partial charge in [0.25, 0.3) is 0 Å². The number of carbonyl (C=O) groups is 1. The molecule has 6 heteroatoms. The molecule has 0 spiro atoms. The largest absolute Gasteiger partial charge is 0.445 e. The third kappa shape index (κ3) is 4.42. The van der Waals surface area contributed by atoms with Gasteiger partial charge >= 0.3 is 6.09 Å². The van der Waals surface area contributed by atoms with Gasteiger partial charge < -0.3 is 21.0 Å². The topological polar surface area (TPSA) is 96.9 Å². The Hall–Kier alpha value is -2.24. The summed E-state index contributed by atoms with van der Waals surface area (Å²) in [6.45, 7) is 1.76. The van der Waals surface area contributed by atoms with Gasteiger partial charge in [0.1, 0.15) is 6.61 Å². The zero-order valence-corrected chi connectivity index (χ0v) is 9.46. The van der Waals surface area contributed by atoms with Crippen molar-refractivity contribution in [1.29, 1.82) is 0 Å². The predicted molar refractivity (Wildman–Crippen MR) is 62.6 cm³/mol. The Morgan fingerprint density at radius 3 is 2.76 bits per heavy atom. The first-order valence-electron chi connectivity index (χ1n) is 5.08. The van der Waals surface area contributed by atoms with E-state index in [1.165, 1.54) is 0 Å². The summed E-state index contributed by atoms with van der Waals surface area (Å²) in [5.41, 5.74) is 6.19. The van der Waals surface area contributed by atoms with Gasteiger partial charge in [-0.3, -0.25) is 0 Å². The fraction of sp³-hybridized carbons (Fsp3) is 0.273. The number of amidine groups is 1. The summed E-state index contributed by atoms with van der Waals surface area (Å²) in [5, 5.41) is 13.6. The van der Waals surface area contributed by atoms with E-state index in [2.05, 4.69) is 10.5 Å². The van der Waals surface area contributed by atoms with Crippen molar-refractivity contribution in [2.24, 2.45) is 10.9 Å². The number of carbonyl (C=O) groups excluding carboxylic acids is 1. The minimum atomic E-state index is -0.618. The van der Waals surface area contributed by atoms with Gasteiger partial charge in [-0.1, -0.05) is 35.5 Å². The average Bonchev–Trinajstić information content (AvgIpc) is 2.36. The molecule has 1 rings (SSSR count). The number of hydrogen-bond acceptors (Lipinski definition) is 4.